The summed E-state index contributed by atoms with van der Waals surface area (Å²) in [5, 5.41) is 87.4. The van der Waals surface area contributed by atoms with Gasteiger partial charge >= 0.3 is 0 Å². The maximum Gasteiger partial charge on any atom is 0.220 e. The smallest absolute Gasteiger partial charge is 0.220 e. The van der Waals surface area contributed by atoms with Crippen molar-refractivity contribution >= 4 is 5.91 Å². The Morgan fingerprint density at radius 2 is 0.756 bits per heavy atom. The minimum Gasteiger partial charge on any atom is -0.394 e. The number of unbranched alkanes of at least 4 members (excludes halogenated alkanes) is 45. The van der Waals surface area contributed by atoms with Crippen molar-refractivity contribution in [2.75, 3.05) is 19.8 Å². The maximum absolute atomic E-state index is 13.3. The van der Waals surface area contributed by atoms with E-state index in [1.807, 2.05) is 6.08 Å². The fraction of sp³-hybridized carbons (Fsp3) is 0.956. The van der Waals surface area contributed by atoms with Crippen LogP contribution in [-0.2, 0) is 23.7 Å². The Morgan fingerprint density at radius 1 is 0.427 bits per heavy atom. The summed E-state index contributed by atoms with van der Waals surface area (Å²) < 4.78 is 22.9. The molecule has 14 nitrogen and oxygen atoms in total. The molecule has 0 radical (unpaired) electrons. The summed E-state index contributed by atoms with van der Waals surface area (Å²) in [7, 11) is 0. The molecule has 486 valence electrons. The summed E-state index contributed by atoms with van der Waals surface area (Å²) >= 11 is 0. The van der Waals surface area contributed by atoms with Crippen molar-refractivity contribution in [1.29, 1.82) is 0 Å². The first-order valence-electron chi connectivity index (χ1n) is 34.9. The molecule has 12 unspecified atom stereocenters. The maximum atomic E-state index is 13.3. The van der Waals surface area contributed by atoms with E-state index in [0.29, 0.717) is 6.42 Å². The van der Waals surface area contributed by atoms with Crippen molar-refractivity contribution in [2.45, 2.75) is 396 Å². The average molecular weight is 1170 g/mol. The number of carbonyl (C=O) groups is 1. The third-order valence-electron chi connectivity index (χ3n) is 17.5. The second kappa shape index (κ2) is 53.9. The molecule has 2 fully saturated rings. The molecule has 2 aliphatic heterocycles. The van der Waals surface area contributed by atoms with Crippen LogP contribution in [0.3, 0.4) is 0 Å². The van der Waals surface area contributed by atoms with E-state index < -0.39 is 86.8 Å². The Morgan fingerprint density at radius 3 is 1.12 bits per heavy atom. The first kappa shape index (κ1) is 76.8. The fourth-order valence-electron chi connectivity index (χ4n) is 11.9. The highest BCUT2D eigenvalue weighted by Crippen LogP contribution is 2.30. The number of aliphatic hydroxyl groups excluding tert-OH is 8. The number of ether oxygens (including phenoxy) is 4. The predicted molar refractivity (Wildman–Crippen MR) is 332 cm³/mol. The highest BCUT2D eigenvalue weighted by Gasteiger charge is 2.51. The van der Waals surface area contributed by atoms with E-state index in [-0.39, 0.29) is 18.9 Å². The van der Waals surface area contributed by atoms with E-state index >= 15 is 0 Å². The van der Waals surface area contributed by atoms with Gasteiger partial charge in [-0.15, -0.1) is 0 Å². The summed E-state index contributed by atoms with van der Waals surface area (Å²) in [4.78, 5) is 13.3. The zero-order valence-electron chi connectivity index (χ0n) is 52.8. The lowest BCUT2D eigenvalue weighted by Gasteiger charge is -2.46. The van der Waals surface area contributed by atoms with Crippen molar-refractivity contribution in [1.82, 2.24) is 5.32 Å². The zero-order chi connectivity index (χ0) is 59.5. The van der Waals surface area contributed by atoms with Crippen LogP contribution in [0.25, 0.3) is 0 Å². The number of aliphatic hydroxyl groups is 8. The summed E-state index contributed by atoms with van der Waals surface area (Å²) in [5.74, 6) is -0.231. The highest BCUT2D eigenvalue weighted by molar-refractivity contribution is 5.76. The van der Waals surface area contributed by atoms with Gasteiger partial charge in [0.05, 0.1) is 32.0 Å². The number of amides is 1. The molecule has 2 rings (SSSR count). The van der Waals surface area contributed by atoms with Crippen LogP contribution in [0.4, 0.5) is 0 Å². The van der Waals surface area contributed by atoms with Crippen LogP contribution in [0.15, 0.2) is 12.2 Å². The van der Waals surface area contributed by atoms with E-state index in [1.54, 1.807) is 6.08 Å². The van der Waals surface area contributed by atoms with Crippen LogP contribution in [0, 0.1) is 0 Å². The van der Waals surface area contributed by atoms with E-state index in [0.717, 1.165) is 38.5 Å². The topological polar surface area (TPSA) is 228 Å². The van der Waals surface area contributed by atoms with Crippen molar-refractivity contribution < 1.29 is 64.6 Å². The van der Waals surface area contributed by atoms with Crippen molar-refractivity contribution in [3.63, 3.8) is 0 Å². The second-order valence-corrected chi connectivity index (χ2v) is 25.0. The predicted octanol–water partition coefficient (Wildman–Crippen LogP) is 13.8. The second-order valence-electron chi connectivity index (χ2n) is 25.0. The van der Waals surface area contributed by atoms with Crippen LogP contribution >= 0.6 is 0 Å². The summed E-state index contributed by atoms with van der Waals surface area (Å²) in [6.45, 7) is 2.86. The minimum atomic E-state index is -1.79. The SMILES string of the molecule is CCCCCCCCCCCCCCCCCCCCCCCC/C=C/C(O)C(COC1OC(CO)C(OC2OC(CO)C(O)C(O)C2O)C(O)C1O)NC(=O)CCCCCCCCCCCCCCCCCCCCCCCCCC. The molecule has 0 spiro atoms. The van der Waals surface area contributed by atoms with E-state index in [1.165, 1.54) is 257 Å². The average Bonchev–Trinajstić information content (AvgIpc) is 3.56. The molecule has 0 aromatic heterocycles. The number of allylic oxidation sites excluding steroid dienone is 1. The Labute approximate surface area is 501 Å². The van der Waals surface area contributed by atoms with Gasteiger partial charge in [-0.05, 0) is 19.3 Å². The molecule has 14 heteroatoms. The standard InChI is InChI=1S/C68H131NO13/c1-3-5-7-9-11-13-15-17-19-21-23-25-27-29-31-33-35-37-39-41-43-45-47-49-51-57(72)56(55-79-67-65(78)63(76)66(59(54-71)81-67)82-68-64(77)62(75)61(74)58(53-70)80-68)69-60(73)52-50-48-46-44-42-40-38-36-34-32-30-28-26-24-22-20-18-16-14-12-10-8-6-4-2/h49,51,56-59,61-68,70-72,74-78H,3-48,50,52-55H2,1-2H3,(H,69,73)/b51-49+. The molecule has 12 atom stereocenters. The van der Waals surface area contributed by atoms with Crippen molar-refractivity contribution in [2.24, 2.45) is 0 Å². The van der Waals surface area contributed by atoms with Crippen molar-refractivity contribution in [3.8, 4) is 0 Å². The monoisotopic (exact) mass is 1170 g/mol. The Kier molecular flexibility index (Phi) is 50.5. The molecule has 2 saturated heterocycles. The van der Waals surface area contributed by atoms with Crippen LogP contribution in [0.5, 0.6) is 0 Å². The lowest BCUT2D eigenvalue weighted by atomic mass is 9.97. The first-order valence-corrected chi connectivity index (χ1v) is 34.9. The number of hydrogen-bond acceptors (Lipinski definition) is 13. The third-order valence-corrected chi connectivity index (χ3v) is 17.5. The van der Waals surface area contributed by atoms with Gasteiger partial charge in [0.15, 0.2) is 12.6 Å². The molecule has 82 heavy (non-hydrogen) atoms. The molecule has 0 aliphatic carbocycles. The van der Waals surface area contributed by atoms with Gasteiger partial charge in [-0.2, -0.15) is 0 Å². The van der Waals surface area contributed by atoms with E-state index in [2.05, 4.69) is 19.2 Å². The summed E-state index contributed by atoms with van der Waals surface area (Å²) in [5.41, 5.74) is 0. The van der Waals surface area contributed by atoms with E-state index in [4.69, 9.17) is 18.9 Å². The van der Waals surface area contributed by atoms with Gasteiger partial charge in [-0.3, -0.25) is 4.79 Å². The van der Waals surface area contributed by atoms with Gasteiger partial charge in [0.25, 0.3) is 0 Å². The van der Waals surface area contributed by atoms with Gasteiger partial charge in [-0.1, -0.05) is 309 Å². The fourth-order valence-corrected chi connectivity index (χ4v) is 11.9. The van der Waals surface area contributed by atoms with Crippen LogP contribution in [-0.4, -0.2) is 140 Å². The largest absolute Gasteiger partial charge is 0.394 e. The van der Waals surface area contributed by atoms with Crippen LogP contribution < -0.4 is 5.32 Å². The number of hydrogen-bond donors (Lipinski definition) is 9. The van der Waals surface area contributed by atoms with Gasteiger partial charge < -0.3 is 65.1 Å². The Balaban J connectivity index is 1.69. The number of nitrogens with one attached hydrogen (secondary N) is 1. The minimum absolute atomic E-state index is 0.231. The van der Waals surface area contributed by atoms with Gasteiger partial charge in [0.2, 0.25) is 5.91 Å². The molecule has 1 amide bonds. The van der Waals surface area contributed by atoms with Crippen LogP contribution in [0.2, 0.25) is 0 Å². The molecule has 2 heterocycles. The number of rotatable bonds is 58. The Bertz CT molecular complexity index is 1420. The highest BCUT2D eigenvalue weighted by atomic mass is 16.7. The first-order chi connectivity index (χ1) is 40.1. The molecule has 9 N–H and O–H groups in total. The molecule has 0 aromatic rings. The van der Waals surface area contributed by atoms with Gasteiger partial charge in [-0.25, -0.2) is 0 Å². The van der Waals surface area contributed by atoms with E-state index in [9.17, 15) is 45.6 Å². The van der Waals surface area contributed by atoms with Crippen LogP contribution in [0.1, 0.15) is 322 Å². The van der Waals surface area contributed by atoms with Gasteiger partial charge in [0.1, 0.15) is 48.8 Å². The van der Waals surface area contributed by atoms with Crippen molar-refractivity contribution in [3.05, 3.63) is 12.2 Å². The molecule has 2 aliphatic rings. The molecular formula is C68H131NO13. The lowest BCUT2D eigenvalue weighted by Crippen LogP contribution is -2.65. The lowest BCUT2D eigenvalue weighted by molar-refractivity contribution is -0.359. The van der Waals surface area contributed by atoms with Gasteiger partial charge in [0, 0.05) is 6.42 Å². The Hall–Kier alpha value is -1.27. The molecule has 0 aromatic carbocycles. The normalized spacial score (nSPS) is 23.9. The molecular weight excluding hydrogens is 1040 g/mol. The number of carbonyl (C=O) groups excluding carboxylic acids is 1. The molecule has 0 saturated carbocycles. The molecule has 0 bridgehead atoms. The summed E-state index contributed by atoms with van der Waals surface area (Å²) in [6.07, 6.45) is 48.3. The summed E-state index contributed by atoms with van der Waals surface area (Å²) in [6, 6.07) is -0.911. The quantitative estimate of drug-likeness (QED) is 0.0204. The zero-order valence-corrected chi connectivity index (χ0v) is 52.8. The third kappa shape index (κ3) is 38.1.